The second-order valence-corrected chi connectivity index (χ2v) is 5.40. The number of hydrazone groups is 1. The summed E-state index contributed by atoms with van der Waals surface area (Å²) in [5.41, 5.74) is 3.48. The van der Waals surface area contributed by atoms with Gasteiger partial charge in [-0.2, -0.15) is 5.10 Å². The second-order valence-electron chi connectivity index (χ2n) is 4.42. The van der Waals surface area contributed by atoms with E-state index < -0.39 is 5.91 Å². The van der Waals surface area contributed by atoms with Gasteiger partial charge in [-0.15, -0.1) is 11.3 Å². The van der Waals surface area contributed by atoms with Gasteiger partial charge in [0.15, 0.2) is 5.76 Å². The van der Waals surface area contributed by atoms with E-state index in [0.717, 1.165) is 4.88 Å². The molecule has 2 heterocycles. The largest absolute Gasteiger partial charge is 0.507 e. The molecular weight excluding hydrogens is 288 g/mol. The van der Waals surface area contributed by atoms with Gasteiger partial charge in [-0.05, 0) is 30.5 Å². The van der Waals surface area contributed by atoms with Crippen LogP contribution >= 0.6 is 11.3 Å². The highest BCUT2D eigenvalue weighted by molar-refractivity contribution is 7.11. The highest BCUT2D eigenvalue weighted by Gasteiger charge is 2.19. The first-order chi connectivity index (χ1) is 10.2. The molecule has 0 aliphatic heterocycles. The molecule has 0 aliphatic rings. The van der Waals surface area contributed by atoms with Crippen LogP contribution in [0.15, 0.2) is 45.2 Å². The number of benzene rings is 1. The predicted molar refractivity (Wildman–Crippen MR) is 82.0 cm³/mol. The first kappa shape index (κ1) is 13.4. The minimum Gasteiger partial charge on any atom is -0.507 e. The average molecular weight is 300 g/mol. The van der Waals surface area contributed by atoms with Crippen LogP contribution in [0.3, 0.4) is 0 Å². The summed E-state index contributed by atoms with van der Waals surface area (Å²) in [5.74, 6) is -0.208. The number of hydrogen-bond acceptors (Lipinski definition) is 5. The molecule has 1 aromatic carbocycles. The van der Waals surface area contributed by atoms with E-state index in [0.29, 0.717) is 16.5 Å². The third kappa shape index (κ3) is 2.53. The number of nitrogens with zero attached hydrogens (tertiary/aromatic N) is 1. The van der Waals surface area contributed by atoms with Crippen molar-refractivity contribution in [2.24, 2.45) is 5.10 Å². The molecule has 0 spiro atoms. The first-order valence-corrected chi connectivity index (χ1v) is 7.13. The van der Waals surface area contributed by atoms with Crippen LogP contribution in [0.25, 0.3) is 11.0 Å². The number of fused-ring (bicyclic) bond motifs is 1. The van der Waals surface area contributed by atoms with Gasteiger partial charge in [-0.1, -0.05) is 12.1 Å². The standard InChI is InChI=1S/C15H12N2O3S/c1-9-13-11(18)5-2-6-12(13)20-14(9)15(19)17-16-8-10-4-3-7-21-10/h2-8,18H,1H3,(H,17,19)/b16-8+. The van der Waals surface area contributed by atoms with E-state index in [1.807, 2.05) is 17.5 Å². The van der Waals surface area contributed by atoms with Crippen molar-refractivity contribution in [1.29, 1.82) is 0 Å². The number of hydrogen-bond donors (Lipinski definition) is 2. The Labute approximate surface area is 124 Å². The molecule has 0 saturated heterocycles. The van der Waals surface area contributed by atoms with Gasteiger partial charge in [0, 0.05) is 10.4 Å². The van der Waals surface area contributed by atoms with E-state index in [1.54, 1.807) is 31.3 Å². The maximum absolute atomic E-state index is 12.1. The average Bonchev–Trinajstić information content (AvgIpc) is 3.08. The minimum atomic E-state index is -0.448. The van der Waals surface area contributed by atoms with Gasteiger partial charge in [0.25, 0.3) is 0 Å². The van der Waals surface area contributed by atoms with E-state index in [-0.39, 0.29) is 11.5 Å². The van der Waals surface area contributed by atoms with E-state index in [2.05, 4.69) is 10.5 Å². The molecule has 0 saturated carbocycles. The number of phenolic OH excluding ortho intramolecular Hbond substituents is 1. The number of phenols is 1. The number of carbonyl (C=O) groups is 1. The third-order valence-electron chi connectivity index (χ3n) is 3.04. The molecule has 0 fully saturated rings. The lowest BCUT2D eigenvalue weighted by Crippen LogP contribution is -2.17. The lowest BCUT2D eigenvalue weighted by atomic mass is 10.1. The Morgan fingerprint density at radius 3 is 2.95 bits per heavy atom. The van der Waals surface area contributed by atoms with Gasteiger partial charge in [-0.3, -0.25) is 4.79 Å². The van der Waals surface area contributed by atoms with E-state index >= 15 is 0 Å². The Morgan fingerprint density at radius 1 is 1.38 bits per heavy atom. The summed E-state index contributed by atoms with van der Waals surface area (Å²) in [7, 11) is 0. The van der Waals surface area contributed by atoms with Crippen molar-refractivity contribution in [3.05, 3.63) is 51.9 Å². The lowest BCUT2D eigenvalue weighted by Gasteiger charge is -1.96. The van der Waals surface area contributed by atoms with Crippen molar-refractivity contribution in [2.45, 2.75) is 6.92 Å². The number of amides is 1. The summed E-state index contributed by atoms with van der Waals surface area (Å²) in [6.07, 6.45) is 1.57. The molecule has 3 rings (SSSR count). The van der Waals surface area contributed by atoms with Gasteiger partial charge in [0.2, 0.25) is 0 Å². The number of rotatable bonds is 3. The number of thiophene rings is 1. The number of nitrogens with one attached hydrogen (secondary N) is 1. The summed E-state index contributed by atoms with van der Waals surface area (Å²) >= 11 is 1.52. The Bertz CT molecular complexity index is 819. The van der Waals surface area contributed by atoms with Crippen LogP contribution in [-0.2, 0) is 0 Å². The highest BCUT2D eigenvalue weighted by Crippen LogP contribution is 2.32. The zero-order chi connectivity index (χ0) is 14.8. The molecule has 0 radical (unpaired) electrons. The highest BCUT2D eigenvalue weighted by atomic mass is 32.1. The summed E-state index contributed by atoms with van der Waals surface area (Å²) in [6.45, 7) is 1.73. The molecule has 0 bridgehead atoms. The van der Waals surface area contributed by atoms with Gasteiger partial charge in [0.05, 0.1) is 11.6 Å². The summed E-state index contributed by atoms with van der Waals surface area (Å²) in [5, 5.41) is 16.2. The van der Waals surface area contributed by atoms with Gasteiger partial charge in [0.1, 0.15) is 11.3 Å². The van der Waals surface area contributed by atoms with Crippen molar-refractivity contribution in [2.75, 3.05) is 0 Å². The van der Waals surface area contributed by atoms with Crippen molar-refractivity contribution in [3.8, 4) is 5.75 Å². The normalized spacial score (nSPS) is 11.3. The summed E-state index contributed by atoms with van der Waals surface area (Å²) in [4.78, 5) is 13.0. The van der Waals surface area contributed by atoms with Crippen LogP contribution in [0.5, 0.6) is 5.75 Å². The summed E-state index contributed by atoms with van der Waals surface area (Å²) < 4.78 is 5.49. The van der Waals surface area contributed by atoms with Crippen molar-refractivity contribution >= 4 is 34.4 Å². The zero-order valence-electron chi connectivity index (χ0n) is 11.2. The molecule has 21 heavy (non-hydrogen) atoms. The molecule has 106 valence electrons. The van der Waals surface area contributed by atoms with Crippen LogP contribution < -0.4 is 5.43 Å². The Morgan fingerprint density at radius 2 is 2.24 bits per heavy atom. The van der Waals surface area contributed by atoms with Crippen molar-refractivity contribution < 1.29 is 14.3 Å². The fraction of sp³-hybridized carbons (Fsp3) is 0.0667. The Kier molecular flexibility index (Phi) is 3.45. The lowest BCUT2D eigenvalue weighted by molar-refractivity contribution is 0.0929. The van der Waals surface area contributed by atoms with Crippen LogP contribution in [-0.4, -0.2) is 17.2 Å². The Hall–Kier alpha value is -2.60. The van der Waals surface area contributed by atoms with Gasteiger partial charge >= 0.3 is 5.91 Å². The number of aryl methyl sites for hydroxylation is 1. The molecule has 0 atom stereocenters. The third-order valence-corrected chi connectivity index (χ3v) is 3.85. The molecule has 6 heteroatoms. The topological polar surface area (TPSA) is 74.8 Å². The fourth-order valence-corrected chi connectivity index (χ4v) is 2.65. The number of aromatic hydroxyl groups is 1. The molecule has 3 aromatic rings. The molecule has 5 nitrogen and oxygen atoms in total. The smallest absolute Gasteiger partial charge is 0.307 e. The molecule has 2 aromatic heterocycles. The fourth-order valence-electron chi connectivity index (χ4n) is 2.07. The number of furan rings is 1. The second kappa shape index (κ2) is 5.41. The van der Waals surface area contributed by atoms with Gasteiger partial charge in [-0.25, -0.2) is 5.43 Å². The van der Waals surface area contributed by atoms with Crippen LogP contribution in [0.1, 0.15) is 21.0 Å². The molecule has 2 N–H and O–H groups in total. The minimum absolute atomic E-state index is 0.0925. The quantitative estimate of drug-likeness (QED) is 0.576. The van der Waals surface area contributed by atoms with E-state index in [9.17, 15) is 9.90 Å². The van der Waals surface area contributed by atoms with Crippen molar-refractivity contribution in [1.82, 2.24) is 5.43 Å². The zero-order valence-corrected chi connectivity index (χ0v) is 12.0. The maximum atomic E-state index is 12.1. The molecule has 0 unspecified atom stereocenters. The van der Waals surface area contributed by atoms with Gasteiger partial charge < -0.3 is 9.52 Å². The summed E-state index contributed by atoms with van der Waals surface area (Å²) in [6, 6.07) is 8.72. The first-order valence-electron chi connectivity index (χ1n) is 6.25. The SMILES string of the molecule is Cc1c(C(=O)N/N=C/c2cccs2)oc2cccc(O)c12. The molecular formula is C15H12N2O3S. The Balaban J connectivity index is 1.85. The van der Waals surface area contributed by atoms with E-state index in [4.69, 9.17) is 4.42 Å². The predicted octanol–water partition coefficient (Wildman–Crippen LogP) is 3.27. The number of carbonyl (C=O) groups excluding carboxylic acids is 1. The van der Waals surface area contributed by atoms with Crippen LogP contribution in [0, 0.1) is 6.92 Å². The monoisotopic (exact) mass is 300 g/mol. The van der Waals surface area contributed by atoms with E-state index in [1.165, 1.54) is 11.3 Å². The molecule has 1 amide bonds. The molecule has 0 aliphatic carbocycles. The maximum Gasteiger partial charge on any atom is 0.307 e. The van der Waals surface area contributed by atoms with Crippen LogP contribution in [0.4, 0.5) is 0 Å². The van der Waals surface area contributed by atoms with Crippen LogP contribution in [0.2, 0.25) is 0 Å². The van der Waals surface area contributed by atoms with Crippen molar-refractivity contribution in [3.63, 3.8) is 0 Å².